The Labute approximate surface area is 141 Å². The van der Waals surface area contributed by atoms with E-state index in [-0.39, 0.29) is 11.8 Å². The zero-order valence-corrected chi connectivity index (χ0v) is 13.9. The minimum absolute atomic E-state index is 0.0406. The second kappa shape index (κ2) is 6.71. The maximum absolute atomic E-state index is 13.6. The summed E-state index contributed by atoms with van der Waals surface area (Å²) in [5.74, 6) is -2.16. The van der Waals surface area contributed by atoms with E-state index in [2.05, 4.69) is 6.92 Å². The minimum atomic E-state index is -0.901. The zero-order chi connectivity index (χ0) is 17.3. The van der Waals surface area contributed by atoms with Crippen LogP contribution in [0.25, 0.3) is 0 Å². The molecule has 2 aromatic rings. The summed E-state index contributed by atoms with van der Waals surface area (Å²) in [5.41, 5.74) is 2.60. The Bertz CT molecular complexity index is 759. The fourth-order valence-electron chi connectivity index (χ4n) is 3.46. The van der Waals surface area contributed by atoms with Crippen LogP contribution in [0.5, 0.6) is 0 Å². The summed E-state index contributed by atoms with van der Waals surface area (Å²) in [5, 5.41) is 0. The van der Waals surface area contributed by atoms with E-state index >= 15 is 0 Å². The van der Waals surface area contributed by atoms with Gasteiger partial charge in [0.1, 0.15) is 0 Å². The zero-order valence-electron chi connectivity index (χ0n) is 13.9. The standard InChI is InChI=1S/C20H21F2NO/c1-3-13-6-5-7-16(10-13)23-12-14(4-2)19(20(23)24)15-8-9-17(21)18(22)11-15/h5-11,14,19H,3-4,12H2,1-2H3/t14-,19-/m1/s1. The first-order chi connectivity index (χ1) is 11.5. The number of anilines is 1. The van der Waals surface area contributed by atoms with Gasteiger partial charge in [0.25, 0.3) is 0 Å². The summed E-state index contributed by atoms with van der Waals surface area (Å²) in [6, 6.07) is 11.7. The first-order valence-electron chi connectivity index (χ1n) is 8.40. The molecule has 1 aliphatic rings. The van der Waals surface area contributed by atoms with E-state index in [9.17, 15) is 13.6 Å². The summed E-state index contributed by atoms with van der Waals surface area (Å²) in [6.45, 7) is 4.70. The van der Waals surface area contributed by atoms with Crippen molar-refractivity contribution in [2.24, 2.45) is 5.92 Å². The lowest BCUT2D eigenvalue weighted by atomic mass is 9.87. The Morgan fingerprint density at radius 2 is 1.88 bits per heavy atom. The molecule has 0 N–H and O–H groups in total. The van der Waals surface area contributed by atoms with Crippen LogP contribution in [0.3, 0.4) is 0 Å². The molecule has 0 spiro atoms. The van der Waals surface area contributed by atoms with Crippen LogP contribution in [0, 0.1) is 17.6 Å². The minimum Gasteiger partial charge on any atom is -0.312 e. The fraction of sp³-hybridized carbons (Fsp3) is 0.350. The highest BCUT2D eigenvalue weighted by Crippen LogP contribution is 2.38. The molecule has 0 bridgehead atoms. The normalized spacial score (nSPS) is 20.7. The summed E-state index contributed by atoms with van der Waals surface area (Å²) in [7, 11) is 0. The molecule has 4 heteroatoms. The summed E-state index contributed by atoms with van der Waals surface area (Å²) >= 11 is 0. The van der Waals surface area contributed by atoms with E-state index in [1.54, 1.807) is 4.90 Å². The smallest absolute Gasteiger partial charge is 0.234 e. The van der Waals surface area contributed by atoms with Crippen molar-refractivity contribution in [2.75, 3.05) is 11.4 Å². The summed E-state index contributed by atoms with van der Waals surface area (Å²) in [6.07, 6.45) is 1.71. The molecule has 24 heavy (non-hydrogen) atoms. The molecular formula is C20H21F2NO. The molecule has 1 saturated heterocycles. The molecule has 1 heterocycles. The molecule has 2 atom stereocenters. The van der Waals surface area contributed by atoms with Crippen molar-refractivity contribution < 1.29 is 13.6 Å². The Morgan fingerprint density at radius 1 is 1.08 bits per heavy atom. The van der Waals surface area contributed by atoms with E-state index in [1.165, 1.54) is 11.6 Å². The number of hydrogen-bond donors (Lipinski definition) is 0. The van der Waals surface area contributed by atoms with Gasteiger partial charge < -0.3 is 4.90 Å². The van der Waals surface area contributed by atoms with Gasteiger partial charge in [-0.2, -0.15) is 0 Å². The van der Waals surface area contributed by atoms with Crippen LogP contribution in [0.2, 0.25) is 0 Å². The Hall–Kier alpha value is -2.23. The molecule has 1 amide bonds. The van der Waals surface area contributed by atoms with Gasteiger partial charge in [-0.3, -0.25) is 4.79 Å². The number of carbonyl (C=O) groups excluding carboxylic acids is 1. The highest BCUT2D eigenvalue weighted by Gasteiger charge is 2.41. The van der Waals surface area contributed by atoms with Crippen molar-refractivity contribution in [3.05, 3.63) is 65.2 Å². The largest absolute Gasteiger partial charge is 0.312 e. The summed E-state index contributed by atoms with van der Waals surface area (Å²) in [4.78, 5) is 14.8. The van der Waals surface area contributed by atoms with Crippen LogP contribution < -0.4 is 4.90 Å². The van der Waals surface area contributed by atoms with Crippen molar-refractivity contribution in [3.63, 3.8) is 0 Å². The number of nitrogens with zero attached hydrogens (tertiary/aromatic N) is 1. The van der Waals surface area contributed by atoms with Crippen molar-refractivity contribution in [1.82, 2.24) is 0 Å². The quantitative estimate of drug-likeness (QED) is 0.797. The summed E-state index contributed by atoms with van der Waals surface area (Å²) < 4.78 is 26.8. The van der Waals surface area contributed by atoms with Crippen molar-refractivity contribution >= 4 is 11.6 Å². The third-order valence-corrected chi connectivity index (χ3v) is 4.88. The van der Waals surface area contributed by atoms with Crippen LogP contribution in [-0.2, 0) is 11.2 Å². The first kappa shape index (κ1) is 16.6. The van der Waals surface area contributed by atoms with Gasteiger partial charge in [0.2, 0.25) is 5.91 Å². The van der Waals surface area contributed by atoms with E-state index < -0.39 is 17.6 Å². The molecule has 0 unspecified atom stereocenters. The number of amides is 1. The monoisotopic (exact) mass is 329 g/mol. The maximum Gasteiger partial charge on any atom is 0.234 e. The lowest BCUT2D eigenvalue weighted by Gasteiger charge is -2.18. The van der Waals surface area contributed by atoms with E-state index in [0.29, 0.717) is 12.1 Å². The molecule has 0 aromatic heterocycles. The average Bonchev–Trinajstić information content (AvgIpc) is 2.94. The predicted molar refractivity (Wildman–Crippen MR) is 91.1 cm³/mol. The number of hydrogen-bond acceptors (Lipinski definition) is 1. The van der Waals surface area contributed by atoms with Gasteiger partial charge in [-0.25, -0.2) is 8.78 Å². The van der Waals surface area contributed by atoms with Crippen molar-refractivity contribution in [2.45, 2.75) is 32.6 Å². The molecule has 126 valence electrons. The number of aryl methyl sites for hydroxylation is 1. The van der Waals surface area contributed by atoms with Gasteiger partial charge in [-0.05, 0) is 47.7 Å². The van der Waals surface area contributed by atoms with Crippen LogP contribution in [0.15, 0.2) is 42.5 Å². The van der Waals surface area contributed by atoms with E-state index in [4.69, 9.17) is 0 Å². The van der Waals surface area contributed by atoms with Gasteiger partial charge >= 0.3 is 0 Å². The van der Waals surface area contributed by atoms with Gasteiger partial charge in [0, 0.05) is 12.2 Å². The third-order valence-electron chi connectivity index (χ3n) is 4.88. The van der Waals surface area contributed by atoms with Crippen LogP contribution >= 0.6 is 0 Å². The lowest BCUT2D eigenvalue weighted by Crippen LogP contribution is -2.26. The third kappa shape index (κ3) is 2.93. The van der Waals surface area contributed by atoms with Gasteiger partial charge in [0.15, 0.2) is 11.6 Å². The maximum atomic E-state index is 13.6. The van der Waals surface area contributed by atoms with Gasteiger partial charge in [-0.1, -0.05) is 38.5 Å². The highest BCUT2D eigenvalue weighted by atomic mass is 19.2. The number of rotatable bonds is 4. The lowest BCUT2D eigenvalue weighted by molar-refractivity contribution is -0.118. The topological polar surface area (TPSA) is 20.3 Å². The Morgan fingerprint density at radius 3 is 2.54 bits per heavy atom. The predicted octanol–water partition coefficient (Wildman–Crippen LogP) is 4.68. The molecule has 0 aliphatic carbocycles. The molecule has 0 radical (unpaired) electrons. The SMILES string of the molecule is CCc1cccc(N2C[C@@H](CC)[C@H](c3ccc(F)c(F)c3)C2=O)c1. The number of carbonyl (C=O) groups is 1. The average molecular weight is 329 g/mol. The van der Waals surface area contributed by atoms with Crippen LogP contribution in [0.4, 0.5) is 14.5 Å². The second-order valence-corrected chi connectivity index (χ2v) is 6.29. The molecule has 3 rings (SSSR count). The molecular weight excluding hydrogens is 308 g/mol. The Kier molecular flexibility index (Phi) is 4.65. The van der Waals surface area contributed by atoms with E-state index in [0.717, 1.165) is 30.7 Å². The number of benzene rings is 2. The Balaban J connectivity index is 1.96. The first-order valence-corrected chi connectivity index (χ1v) is 8.40. The van der Waals surface area contributed by atoms with Crippen molar-refractivity contribution in [3.8, 4) is 0 Å². The van der Waals surface area contributed by atoms with Gasteiger partial charge in [0.05, 0.1) is 5.92 Å². The van der Waals surface area contributed by atoms with E-state index in [1.807, 2.05) is 31.2 Å². The fourth-order valence-corrected chi connectivity index (χ4v) is 3.46. The van der Waals surface area contributed by atoms with Crippen LogP contribution in [-0.4, -0.2) is 12.5 Å². The molecule has 1 fully saturated rings. The van der Waals surface area contributed by atoms with Crippen LogP contribution in [0.1, 0.15) is 37.3 Å². The van der Waals surface area contributed by atoms with Crippen molar-refractivity contribution in [1.29, 1.82) is 0 Å². The van der Waals surface area contributed by atoms with Gasteiger partial charge in [-0.15, -0.1) is 0 Å². The molecule has 1 aliphatic heterocycles. The molecule has 2 aromatic carbocycles. The molecule has 2 nitrogen and oxygen atoms in total. The molecule has 0 saturated carbocycles. The highest BCUT2D eigenvalue weighted by molar-refractivity contribution is 6.00. The number of halogens is 2. The second-order valence-electron chi connectivity index (χ2n) is 6.29.